The predicted octanol–water partition coefficient (Wildman–Crippen LogP) is 1.74. The number of hydrogen-bond acceptors (Lipinski definition) is 7. The normalized spacial score (nSPS) is 16.2. The molecule has 0 bridgehead atoms. The van der Waals surface area contributed by atoms with Gasteiger partial charge < -0.3 is 23.8 Å². The minimum atomic E-state index is -0.106. The van der Waals surface area contributed by atoms with Crippen LogP contribution in [0.2, 0.25) is 0 Å². The van der Waals surface area contributed by atoms with Crippen LogP contribution in [0.4, 0.5) is 0 Å². The molecular weight excluding hydrogens is 388 g/mol. The molecule has 2 aromatic rings. The van der Waals surface area contributed by atoms with E-state index in [-0.39, 0.29) is 23.7 Å². The van der Waals surface area contributed by atoms with E-state index in [4.69, 9.17) is 14.0 Å². The van der Waals surface area contributed by atoms with Crippen LogP contribution in [0.25, 0.3) is 0 Å². The lowest BCUT2D eigenvalue weighted by Gasteiger charge is -2.37. The SMILES string of the molecule is COc1ccc(C(=O)N2CC(c3nc(CCN(C)C(=O)C4CC4)no3)C2)c(OC)c1. The van der Waals surface area contributed by atoms with Gasteiger partial charge in [-0.15, -0.1) is 0 Å². The number of amides is 2. The molecule has 0 radical (unpaired) electrons. The van der Waals surface area contributed by atoms with Crippen LogP contribution in [0, 0.1) is 5.92 Å². The molecule has 9 heteroatoms. The highest BCUT2D eigenvalue weighted by molar-refractivity contribution is 5.97. The first-order chi connectivity index (χ1) is 14.5. The minimum absolute atomic E-state index is 0.0188. The number of likely N-dealkylation sites (N-methyl/N-ethyl adjacent to an activating group) is 1. The van der Waals surface area contributed by atoms with E-state index in [0.717, 1.165) is 12.8 Å². The van der Waals surface area contributed by atoms with E-state index in [1.807, 2.05) is 7.05 Å². The van der Waals surface area contributed by atoms with Crippen LogP contribution in [-0.4, -0.2) is 72.7 Å². The van der Waals surface area contributed by atoms with Gasteiger partial charge in [0, 0.05) is 45.1 Å². The second kappa shape index (κ2) is 8.33. The zero-order chi connectivity index (χ0) is 21.3. The predicted molar refractivity (Wildman–Crippen MR) is 107 cm³/mol. The average Bonchev–Trinajstić information content (AvgIpc) is 3.48. The highest BCUT2D eigenvalue weighted by Crippen LogP contribution is 2.32. The third-order valence-corrected chi connectivity index (χ3v) is 5.61. The van der Waals surface area contributed by atoms with Crippen molar-refractivity contribution in [1.82, 2.24) is 19.9 Å². The molecule has 9 nitrogen and oxygen atoms in total. The van der Waals surface area contributed by atoms with E-state index < -0.39 is 0 Å². The van der Waals surface area contributed by atoms with E-state index in [2.05, 4.69) is 10.1 Å². The van der Waals surface area contributed by atoms with Gasteiger partial charge in [0.1, 0.15) is 11.5 Å². The first-order valence-corrected chi connectivity index (χ1v) is 10.1. The van der Waals surface area contributed by atoms with E-state index >= 15 is 0 Å². The summed E-state index contributed by atoms with van der Waals surface area (Å²) in [4.78, 5) is 32.7. The van der Waals surface area contributed by atoms with Crippen LogP contribution >= 0.6 is 0 Å². The maximum atomic E-state index is 12.8. The summed E-state index contributed by atoms with van der Waals surface area (Å²) in [5, 5.41) is 4.02. The number of carbonyl (C=O) groups excluding carboxylic acids is 2. The third kappa shape index (κ3) is 4.10. The second-order valence-electron chi connectivity index (χ2n) is 7.81. The molecule has 2 heterocycles. The number of aromatic nitrogens is 2. The molecule has 2 aliphatic rings. The van der Waals surface area contributed by atoms with Crippen molar-refractivity contribution in [2.45, 2.75) is 25.2 Å². The van der Waals surface area contributed by atoms with Crippen LogP contribution in [0.3, 0.4) is 0 Å². The van der Waals surface area contributed by atoms with Crippen LogP contribution < -0.4 is 9.47 Å². The first-order valence-electron chi connectivity index (χ1n) is 10.1. The first kappa shape index (κ1) is 20.2. The molecule has 1 aliphatic carbocycles. The largest absolute Gasteiger partial charge is 0.497 e. The van der Waals surface area contributed by atoms with Gasteiger partial charge in [0.05, 0.1) is 25.7 Å². The molecular formula is C21H26N4O5. The van der Waals surface area contributed by atoms with Crippen molar-refractivity contribution in [1.29, 1.82) is 0 Å². The van der Waals surface area contributed by atoms with Crippen LogP contribution in [0.1, 0.15) is 40.8 Å². The zero-order valence-electron chi connectivity index (χ0n) is 17.5. The lowest BCUT2D eigenvalue weighted by atomic mass is 9.98. The van der Waals surface area contributed by atoms with Crippen molar-refractivity contribution in [3.63, 3.8) is 0 Å². The Hall–Kier alpha value is -3.10. The molecule has 1 saturated carbocycles. The van der Waals surface area contributed by atoms with Crippen molar-refractivity contribution in [2.75, 3.05) is 40.9 Å². The van der Waals surface area contributed by atoms with E-state index in [9.17, 15) is 9.59 Å². The molecule has 4 rings (SSSR count). The Morgan fingerprint density at radius 2 is 2.00 bits per heavy atom. The fourth-order valence-corrected chi connectivity index (χ4v) is 3.50. The Morgan fingerprint density at radius 1 is 1.23 bits per heavy atom. The van der Waals surface area contributed by atoms with Gasteiger partial charge in [0.25, 0.3) is 5.91 Å². The zero-order valence-corrected chi connectivity index (χ0v) is 17.5. The molecule has 160 valence electrons. The topological polar surface area (TPSA) is 98.0 Å². The third-order valence-electron chi connectivity index (χ3n) is 5.61. The highest BCUT2D eigenvalue weighted by Gasteiger charge is 2.37. The molecule has 0 atom stereocenters. The molecule has 0 spiro atoms. The van der Waals surface area contributed by atoms with Gasteiger partial charge in [-0.05, 0) is 25.0 Å². The lowest BCUT2D eigenvalue weighted by molar-refractivity contribution is -0.131. The summed E-state index contributed by atoms with van der Waals surface area (Å²) in [7, 11) is 4.91. The van der Waals surface area contributed by atoms with Crippen molar-refractivity contribution in [2.24, 2.45) is 5.92 Å². The summed E-state index contributed by atoms with van der Waals surface area (Å²) in [6.45, 7) is 1.59. The Morgan fingerprint density at radius 3 is 2.67 bits per heavy atom. The Bertz CT molecular complexity index is 933. The number of carbonyl (C=O) groups is 2. The van der Waals surface area contributed by atoms with Crippen molar-refractivity contribution in [3.8, 4) is 11.5 Å². The van der Waals surface area contributed by atoms with Gasteiger partial charge in [0.2, 0.25) is 11.8 Å². The maximum Gasteiger partial charge on any atom is 0.257 e. The van der Waals surface area contributed by atoms with Gasteiger partial charge in [-0.3, -0.25) is 9.59 Å². The van der Waals surface area contributed by atoms with Gasteiger partial charge in [-0.1, -0.05) is 5.16 Å². The molecule has 1 saturated heterocycles. The highest BCUT2D eigenvalue weighted by atomic mass is 16.5. The van der Waals surface area contributed by atoms with Gasteiger partial charge >= 0.3 is 0 Å². The molecule has 30 heavy (non-hydrogen) atoms. The number of methoxy groups -OCH3 is 2. The summed E-state index contributed by atoms with van der Waals surface area (Å²) in [6, 6.07) is 5.14. The van der Waals surface area contributed by atoms with Gasteiger partial charge in [-0.25, -0.2) is 0 Å². The summed E-state index contributed by atoms with van der Waals surface area (Å²) in [6.07, 6.45) is 2.54. The fourth-order valence-electron chi connectivity index (χ4n) is 3.50. The van der Waals surface area contributed by atoms with Crippen LogP contribution in [-0.2, 0) is 11.2 Å². The number of nitrogens with zero attached hydrogens (tertiary/aromatic N) is 4. The number of hydrogen-bond donors (Lipinski definition) is 0. The van der Waals surface area contributed by atoms with E-state index in [1.54, 1.807) is 35.1 Å². The fraction of sp³-hybridized carbons (Fsp3) is 0.524. The molecule has 1 aromatic carbocycles. The molecule has 1 aliphatic heterocycles. The minimum Gasteiger partial charge on any atom is -0.497 e. The van der Waals surface area contributed by atoms with Crippen molar-refractivity contribution in [3.05, 3.63) is 35.5 Å². The molecule has 2 fully saturated rings. The Labute approximate surface area is 174 Å². The Balaban J connectivity index is 1.30. The summed E-state index contributed by atoms with van der Waals surface area (Å²) >= 11 is 0. The maximum absolute atomic E-state index is 12.8. The van der Waals surface area contributed by atoms with Crippen LogP contribution in [0.15, 0.2) is 22.7 Å². The monoisotopic (exact) mass is 414 g/mol. The standard InChI is InChI=1S/C21H26N4O5/c1-24(20(26)13-4-5-13)9-8-18-22-19(30-23-18)14-11-25(12-14)21(27)16-7-6-15(28-2)10-17(16)29-3/h6-7,10,13-14H,4-5,8-9,11-12H2,1-3H3. The Kier molecular flexibility index (Phi) is 5.61. The lowest BCUT2D eigenvalue weighted by Crippen LogP contribution is -2.48. The molecule has 1 aromatic heterocycles. The quantitative estimate of drug-likeness (QED) is 0.649. The smallest absolute Gasteiger partial charge is 0.257 e. The number of benzene rings is 1. The number of likely N-dealkylation sites (tertiary alicyclic amines) is 1. The summed E-state index contributed by atoms with van der Waals surface area (Å²) in [5.74, 6) is 2.55. The molecule has 0 unspecified atom stereocenters. The number of ether oxygens (including phenoxy) is 2. The number of rotatable bonds is 8. The van der Waals surface area contributed by atoms with E-state index in [0.29, 0.717) is 54.8 Å². The molecule has 0 N–H and O–H groups in total. The van der Waals surface area contributed by atoms with Crippen molar-refractivity contribution >= 4 is 11.8 Å². The second-order valence-corrected chi connectivity index (χ2v) is 7.81. The average molecular weight is 414 g/mol. The van der Waals surface area contributed by atoms with Crippen molar-refractivity contribution < 1.29 is 23.6 Å². The van der Waals surface area contributed by atoms with Gasteiger partial charge in [-0.2, -0.15) is 4.98 Å². The summed E-state index contributed by atoms with van der Waals surface area (Å²) < 4.78 is 15.9. The molecule has 2 amide bonds. The summed E-state index contributed by atoms with van der Waals surface area (Å²) in [5.41, 5.74) is 0.492. The van der Waals surface area contributed by atoms with Gasteiger partial charge in [0.15, 0.2) is 5.82 Å². The van der Waals surface area contributed by atoms with E-state index in [1.165, 1.54) is 7.11 Å². The van der Waals surface area contributed by atoms with Crippen LogP contribution in [0.5, 0.6) is 11.5 Å².